The molecule has 0 aromatic rings. The van der Waals surface area contributed by atoms with Gasteiger partial charge in [0, 0.05) is 0 Å². The highest BCUT2D eigenvalue weighted by Gasteiger charge is 2.83. The molecule has 0 saturated carbocycles. The van der Waals surface area contributed by atoms with Crippen molar-refractivity contribution in [2.45, 2.75) is 60.5 Å². The molecule has 4 unspecified atom stereocenters. The van der Waals surface area contributed by atoms with Crippen LogP contribution < -0.4 is 0 Å². The summed E-state index contributed by atoms with van der Waals surface area (Å²) in [5.41, 5.74) is -12.9. The second kappa shape index (κ2) is 6.70. The normalized spacial score (nSPS) is 26.3. The maximum Gasteiger partial charge on any atom is 0.434 e. The van der Waals surface area contributed by atoms with Crippen LogP contribution in [0.3, 0.4) is 0 Å². The number of alkyl halides is 14. The molecule has 29 heavy (non-hydrogen) atoms. The Morgan fingerprint density at radius 1 is 0.517 bits per heavy atom. The van der Waals surface area contributed by atoms with Crippen molar-refractivity contribution >= 4 is 0 Å². The summed E-state index contributed by atoms with van der Waals surface area (Å²) in [6, 6.07) is 0. The number of rotatable bonds is 6. The number of hydrogen-bond donors (Lipinski definition) is 0. The molecule has 2 heterocycles. The molecule has 0 N–H and O–H groups in total. The van der Waals surface area contributed by atoms with E-state index >= 15 is 0 Å². The molecule has 0 aliphatic carbocycles. The summed E-state index contributed by atoms with van der Waals surface area (Å²) in [7, 11) is 0. The Morgan fingerprint density at radius 3 is 0.862 bits per heavy atom. The zero-order chi connectivity index (χ0) is 22.8. The lowest BCUT2D eigenvalue weighted by Gasteiger charge is -2.41. The molecular formula is C12H8F14O3. The van der Waals surface area contributed by atoms with Crippen LogP contribution in [0.1, 0.15) is 0 Å². The molecule has 172 valence electrons. The van der Waals surface area contributed by atoms with E-state index in [-0.39, 0.29) is 0 Å². The van der Waals surface area contributed by atoms with Crippen LogP contribution >= 0.6 is 0 Å². The summed E-state index contributed by atoms with van der Waals surface area (Å²) in [6.07, 6.45) is -41.0. The fraction of sp³-hybridized carbons (Fsp3) is 1.00. The minimum Gasteiger partial charge on any atom is -0.370 e. The maximum atomic E-state index is 14.2. The minimum atomic E-state index is -6.91. The third-order valence-electron chi connectivity index (χ3n) is 4.12. The molecular weight excluding hydrogens is 458 g/mol. The summed E-state index contributed by atoms with van der Waals surface area (Å²) in [6.45, 7) is -2.25. The van der Waals surface area contributed by atoms with Gasteiger partial charge in [-0.15, -0.1) is 0 Å². The molecule has 2 fully saturated rings. The van der Waals surface area contributed by atoms with Crippen LogP contribution in [-0.4, -0.2) is 73.7 Å². The quantitative estimate of drug-likeness (QED) is 0.435. The van der Waals surface area contributed by atoms with E-state index in [2.05, 4.69) is 14.2 Å². The van der Waals surface area contributed by atoms with Crippen LogP contribution in [0.2, 0.25) is 0 Å². The topological polar surface area (TPSA) is 34.3 Å². The molecule has 4 atom stereocenters. The smallest absolute Gasteiger partial charge is 0.370 e. The molecule has 2 aliphatic heterocycles. The largest absolute Gasteiger partial charge is 0.434 e. The summed E-state index contributed by atoms with van der Waals surface area (Å²) in [4.78, 5) is 0. The van der Waals surface area contributed by atoms with Gasteiger partial charge < -0.3 is 14.2 Å². The Hall–Kier alpha value is -1.10. The third kappa shape index (κ3) is 3.96. The Kier molecular flexibility index (Phi) is 5.58. The van der Waals surface area contributed by atoms with E-state index in [1.54, 1.807) is 0 Å². The number of halogens is 14. The fourth-order valence-electron chi connectivity index (χ4n) is 2.46. The van der Waals surface area contributed by atoms with Gasteiger partial charge in [-0.2, -0.15) is 52.7 Å². The second-order valence-corrected chi connectivity index (χ2v) is 6.14. The molecule has 0 aromatic carbocycles. The van der Waals surface area contributed by atoms with Crippen molar-refractivity contribution in [2.75, 3.05) is 13.2 Å². The average Bonchev–Trinajstić information content (AvgIpc) is 3.34. The van der Waals surface area contributed by atoms with Gasteiger partial charge in [-0.25, -0.2) is 8.78 Å². The van der Waals surface area contributed by atoms with E-state index in [4.69, 9.17) is 0 Å². The van der Waals surface area contributed by atoms with Crippen LogP contribution in [0.5, 0.6) is 0 Å². The second-order valence-electron chi connectivity index (χ2n) is 6.14. The Balaban J connectivity index is 2.57. The Bertz CT molecular complexity index is 517. The van der Waals surface area contributed by atoms with E-state index in [9.17, 15) is 61.5 Å². The van der Waals surface area contributed by atoms with Crippen LogP contribution in [0.4, 0.5) is 61.5 Å². The first-order valence-electron chi connectivity index (χ1n) is 7.23. The number of epoxide rings is 2. The summed E-state index contributed by atoms with van der Waals surface area (Å²) in [5, 5.41) is 0. The highest BCUT2D eigenvalue weighted by atomic mass is 19.4. The zero-order valence-electron chi connectivity index (χ0n) is 13.2. The summed E-state index contributed by atoms with van der Waals surface area (Å²) >= 11 is 0. The minimum absolute atomic E-state index is 1.13. The van der Waals surface area contributed by atoms with E-state index in [0.29, 0.717) is 0 Å². The first kappa shape index (κ1) is 24.2. The van der Waals surface area contributed by atoms with Gasteiger partial charge >= 0.3 is 36.0 Å². The summed E-state index contributed by atoms with van der Waals surface area (Å²) < 4.78 is 195. The fourth-order valence-corrected chi connectivity index (χ4v) is 2.46. The molecule has 0 bridgehead atoms. The number of ether oxygens (including phenoxy) is 3. The van der Waals surface area contributed by atoms with Crippen molar-refractivity contribution in [3.63, 3.8) is 0 Å². The molecule has 17 heteroatoms. The van der Waals surface area contributed by atoms with Gasteiger partial charge in [0.2, 0.25) is 0 Å². The van der Waals surface area contributed by atoms with Crippen LogP contribution in [0.25, 0.3) is 0 Å². The van der Waals surface area contributed by atoms with E-state index in [1.807, 2.05) is 0 Å². The summed E-state index contributed by atoms with van der Waals surface area (Å²) in [5.74, 6) is 0. The van der Waals surface area contributed by atoms with E-state index in [1.165, 1.54) is 0 Å². The highest BCUT2D eigenvalue weighted by molar-refractivity contribution is 5.11. The Labute approximate surface area is 150 Å². The van der Waals surface area contributed by atoms with Crippen LogP contribution in [0, 0.1) is 0 Å². The van der Waals surface area contributed by atoms with Crippen LogP contribution in [0.15, 0.2) is 0 Å². The first-order valence-corrected chi connectivity index (χ1v) is 7.23. The lowest BCUT2D eigenvalue weighted by molar-refractivity contribution is -0.400. The molecule has 2 aliphatic rings. The van der Waals surface area contributed by atoms with Crippen molar-refractivity contribution in [3.8, 4) is 0 Å². The van der Waals surface area contributed by atoms with Gasteiger partial charge in [0.15, 0.2) is 0 Å². The molecule has 2 rings (SSSR count). The van der Waals surface area contributed by atoms with Gasteiger partial charge in [-0.05, 0) is 0 Å². The van der Waals surface area contributed by atoms with Crippen LogP contribution in [-0.2, 0) is 14.2 Å². The number of hydrogen-bond acceptors (Lipinski definition) is 3. The predicted octanol–water partition coefficient (Wildman–Crippen LogP) is 4.20. The van der Waals surface area contributed by atoms with Gasteiger partial charge in [0.25, 0.3) is 0 Å². The molecule has 0 amide bonds. The molecule has 3 nitrogen and oxygen atoms in total. The first-order chi connectivity index (χ1) is 12.7. The van der Waals surface area contributed by atoms with E-state index in [0.717, 1.165) is 0 Å². The third-order valence-corrected chi connectivity index (χ3v) is 4.12. The highest BCUT2D eigenvalue weighted by Crippen LogP contribution is 2.56. The maximum absolute atomic E-state index is 14.2. The molecule has 0 spiro atoms. The van der Waals surface area contributed by atoms with Crippen molar-refractivity contribution in [2.24, 2.45) is 0 Å². The van der Waals surface area contributed by atoms with Crippen molar-refractivity contribution in [1.82, 2.24) is 0 Å². The van der Waals surface area contributed by atoms with Crippen molar-refractivity contribution < 1.29 is 75.7 Å². The monoisotopic (exact) mass is 466 g/mol. The van der Waals surface area contributed by atoms with Crippen molar-refractivity contribution in [1.29, 1.82) is 0 Å². The average molecular weight is 466 g/mol. The predicted molar refractivity (Wildman–Crippen MR) is 60.0 cm³/mol. The van der Waals surface area contributed by atoms with Gasteiger partial charge in [-0.3, -0.25) is 0 Å². The van der Waals surface area contributed by atoms with Gasteiger partial charge in [0.05, 0.1) is 13.2 Å². The standard InChI is InChI=1S/C12H8F14O3/c13-7(9(15,16)17,10(18,19)20)5(3-1-27-3)29-6(4-2-28-4)8(14,11(21,22)23)12(24,25)26/h3-6H,1-2H2. The van der Waals surface area contributed by atoms with Crippen molar-refractivity contribution in [3.05, 3.63) is 0 Å². The lowest BCUT2D eigenvalue weighted by atomic mass is 9.91. The zero-order valence-corrected chi connectivity index (χ0v) is 13.2. The molecule has 0 radical (unpaired) electrons. The lowest BCUT2D eigenvalue weighted by Crippen LogP contribution is -2.68. The SMILES string of the molecule is FC(F)(F)C(F)(C(OC(C1CO1)C(F)(C(F)(F)F)C(F)(F)F)C1CO1)C(F)(F)F. The van der Waals surface area contributed by atoms with Gasteiger partial charge in [0.1, 0.15) is 24.4 Å². The molecule has 0 aromatic heterocycles. The Morgan fingerprint density at radius 2 is 0.724 bits per heavy atom. The van der Waals surface area contributed by atoms with E-state index < -0.39 is 73.7 Å². The van der Waals surface area contributed by atoms with Gasteiger partial charge in [-0.1, -0.05) is 0 Å². The molecule has 2 saturated heterocycles.